The van der Waals surface area contributed by atoms with E-state index in [1.54, 1.807) is 0 Å². The number of nitrogens with zero attached hydrogens (tertiary/aromatic N) is 1. The van der Waals surface area contributed by atoms with Gasteiger partial charge in [0.1, 0.15) is 11.8 Å². The van der Waals surface area contributed by atoms with Gasteiger partial charge in [-0.05, 0) is 34.5 Å². The Morgan fingerprint density at radius 1 is 1.25 bits per heavy atom. The Balaban J connectivity index is 1.94. The van der Waals surface area contributed by atoms with Crippen LogP contribution in [-0.2, 0) is 14.4 Å². The van der Waals surface area contributed by atoms with E-state index in [9.17, 15) is 24.0 Å². The van der Waals surface area contributed by atoms with Gasteiger partial charge in [0.25, 0.3) is 11.8 Å². The van der Waals surface area contributed by atoms with E-state index in [2.05, 4.69) is 21.2 Å². The summed E-state index contributed by atoms with van der Waals surface area (Å²) in [6.45, 7) is -0.309. The standard InChI is InChI=1S/C15H11BrN2O6/c16-10(19)6-24-9-3-1-2-7-12(9)15(23)18(14(7)22)8-4-5-11(20)17-13(8)21/h1-3,8H,4-6H2,(H,17,20,21). The van der Waals surface area contributed by atoms with Gasteiger partial charge < -0.3 is 4.74 Å². The van der Waals surface area contributed by atoms with Gasteiger partial charge in [-0.2, -0.15) is 0 Å². The summed E-state index contributed by atoms with van der Waals surface area (Å²) in [6, 6.07) is 3.39. The van der Waals surface area contributed by atoms with Crippen molar-refractivity contribution in [3.05, 3.63) is 29.3 Å². The van der Waals surface area contributed by atoms with E-state index in [-0.39, 0.29) is 36.3 Å². The zero-order chi connectivity index (χ0) is 17.4. The molecule has 0 bridgehead atoms. The smallest absolute Gasteiger partial charge is 0.266 e. The molecule has 1 aromatic carbocycles. The van der Waals surface area contributed by atoms with Crippen LogP contribution in [0.15, 0.2) is 18.2 Å². The largest absolute Gasteiger partial charge is 0.484 e. The van der Waals surface area contributed by atoms with Crippen LogP contribution < -0.4 is 10.1 Å². The molecule has 2 heterocycles. The third-order valence-electron chi connectivity index (χ3n) is 3.77. The monoisotopic (exact) mass is 394 g/mol. The molecule has 0 aliphatic carbocycles. The highest BCUT2D eigenvalue weighted by atomic mass is 79.9. The molecule has 2 aliphatic heterocycles. The SMILES string of the molecule is O=C(Br)COc1cccc2c1C(=O)N(C1CCC(=O)NC1=O)C2=O. The van der Waals surface area contributed by atoms with Crippen LogP contribution in [0.3, 0.4) is 0 Å². The minimum atomic E-state index is -1.04. The quantitative estimate of drug-likeness (QED) is 0.584. The maximum atomic E-state index is 12.7. The molecule has 1 N–H and O–H groups in total. The van der Waals surface area contributed by atoms with Gasteiger partial charge in [-0.3, -0.25) is 34.2 Å². The summed E-state index contributed by atoms with van der Waals surface area (Å²) in [5.74, 6) is -2.33. The van der Waals surface area contributed by atoms with Crippen molar-refractivity contribution >= 4 is 44.3 Å². The van der Waals surface area contributed by atoms with Crippen molar-refractivity contribution in [1.29, 1.82) is 0 Å². The van der Waals surface area contributed by atoms with Crippen LogP contribution in [0.5, 0.6) is 5.75 Å². The minimum Gasteiger partial charge on any atom is -0.484 e. The summed E-state index contributed by atoms with van der Waals surface area (Å²) in [7, 11) is 0. The molecule has 24 heavy (non-hydrogen) atoms. The highest BCUT2D eigenvalue weighted by molar-refractivity contribution is 9.18. The number of nitrogens with one attached hydrogen (secondary N) is 1. The molecular weight excluding hydrogens is 384 g/mol. The molecule has 4 amide bonds. The van der Waals surface area contributed by atoms with Crippen LogP contribution >= 0.6 is 15.9 Å². The average molecular weight is 395 g/mol. The van der Waals surface area contributed by atoms with Gasteiger partial charge >= 0.3 is 0 Å². The molecule has 1 aromatic rings. The number of carbonyl (C=O) groups excluding carboxylic acids is 5. The molecule has 0 radical (unpaired) electrons. The highest BCUT2D eigenvalue weighted by Crippen LogP contribution is 2.33. The van der Waals surface area contributed by atoms with Crippen molar-refractivity contribution in [3.8, 4) is 5.75 Å². The molecule has 2 aliphatic rings. The van der Waals surface area contributed by atoms with Crippen molar-refractivity contribution in [2.24, 2.45) is 0 Å². The number of rotatable bonds is 4. The van der Waals surface area contributed by atoms with E-state index in [0.29, 0.717) is 0 Å². The third kappa shape index (κ3) is 2.71. The minimum absolute atomic E-state index is 0.0148. The number of hydrogen-bond donors (Lipinski definition) is 1. The molecule has 1 fully saturated rings. The van der Waals surface area contributed by atoms with Crippen LogP contribution in [-0.4, -0.2) is 45.9 Å². The lowest BCUT2D eigenvalue weighted by atomic mass is 10.0. The van der Waals surface area contributed by atoms with Crippen molar-refractivity contribution in [3.63, 3.8) is 0 Å². The Labute approximate surface area is 144 Å². The Morgan fingerprint density at radius 2 is 2.00 bits per heavy atom. The Bertz CT molecular complexity index is 790. The van der Waals surface area contributed by atoms with Crippen LogP contribution in [0.25, 0.3) is 0 Å². The first kappa shape index (κ1) is 16.3. The van der Waals surface area contributed by atoms with E-state index in [0.717, 1.165) is 4.90 Å². The number of imide groups is 2. The van der Waals surface area contributed by atoms with Crippen LogP contribution in [0.2, 0.25) is 0 Å². The predicted molar refractivity (Wildman–Crippen MR) is 82.5 cm³/mol. The van der Waals surface area contributed by atoms with Crippen LogP contribution in [0, 0.1) is 0 Å². The van der Waals surface area contributed by atoms with Crippen LogP contribution in [0.4, 0.5) is 0 Å². The van der Waals surface area contributed by atoms with Gasteiger partial charge in [0.2, 0.25) is 16.5 Å². The topological polar surface area (TPSA) is 110 Å². The number of amides is 4. The number of halogens is 1. The zero-order valence-corrected chi connectivity index (χ0v) is 13.8. The van der Waals surface area contributed by atoms with Gasteiger partial charge in [-0.25, -0.2) is 0 Å². The first-order chi connectivity index (χ1) is 11.4. The maximum absolute atomic E-state index is 12.7. The summed E-state index contributed by atoms with van der Waals surface area (Å²) in [6.07, 6.45) is 0.122. The molecule has 0 saturated carbocycles. The fourth-order valence-corrected chi connectivity index (χ4v) is 2.85. The summed E-state index contributed by atoms with van der Waals surface area (Å²) in [5.41, 5.74) is 0.116. The average Bonchev–Trinajstić information content (AvgIpc) is 2.78. The molecule has 8 nitrogen and oxygen atoms in total. The third-order valence-corrected chi connectivity index (χ3v) is 4.00. The van der Waals surface area contributed by atoms with E-state index in [1.165, 1.54) is 18.2 Å². The van der Waals surface area contributed by atoms with Gasteiger partial charge in [-0.15, -0.1) is 0 Å². The fourth-order valence-electron chi connectivity index (χ4n) is 2.74. The fraction of sp³-hybridized carbons (Fsp3) is 0.267. The van der Waals surface area contributed by atoms with E-state index >= 15 is 0 Å². The van der Waals surface area contributed by atoms with Gasteiger partial charge in [0, 0.05) is 6.42 Å². The number of piperidine rings is 1. The lowest BCUT2D eigenvalue weighted by Crippen LogP contribution is -2.54. The van der Waals surface area contributed by atoms with E-state index in [1.807, 2.05) is 0 Å². The van der Waals surface area contributed by atoms with Crippen molar-refractivity contribution in [2.75, 3.05) is 6.61 Å². The Hall–Kier alpha value is -2.55. The number of fused-ring (bicyclic) bond motifs is 1. The van der Waals surface area contributed by atoms with E-state index in [4.69, 9.17) is 4.74 Å². The second kappa shape index (κ2) is 6.16. The lowest BCUT2D eigenvalue weighted by molar-refractivity contribution is -0.136. The molecule has 3 rings (SSSR count). The number of benzene rings is 1. The Morgan fingerprint density at radius 3 is 2.67 bits per heavy atom. The number of carbonyl (C=O) groups is 5. The Kier molecular flexibility index (Phi) is 4.18. The van der Waals surface area contributed by atoms with Crippen molar-refractivity contribution in [2.45, 2.75) is 18.9 Å². The second-order valence-electron chi connectivity index (χ2n) is 5.27. The van der Waals surface area contributed by atoms with Gasteiger partial charge in [0.15, 0.2) is 6.61 Å². The van der Waals surface area contributed by atoms with Crippen molar-refractivity contribution < 1.29 is 28.7 Å². The summed E-state index contributed by atoms with van der Waals surface area (Å²) >= 11 is 2.72. The van der Waals surface area contributed by atoms with Gasteiger partial charge in [-0.1, -0.05) is 6.07 Å². The zero-order valence-electron chi connectivity index (χ0n) is 12.2. The first-order valence-corrected chi connectivity index (χ1v) is 7.85. The predicted octanol–water partition coefficient (Wildman–Crippen LogP) is 0.388. The van der Waals surface area contributed by atoms with Crippen molar-refractivity contribution in [1.82, 2.24) is 10.2 Å². The molecular formula is C15H11BrN2O6. The number of ether oxygens (including phenoxy) is 1. The molecule has 124 valence electrons. The molecule has 1 atom stereocenters. The molecule has 1 unspecified atom stereocenters. The molecule has 1 saturated heterocycles. The second-order valence-corrected chi connectivity index (χ2v) is 6.15. The summed E-state index contributed by atoms with van der Waals surface area (Å²) in [4.78, 5) is 60.2. The van der Waals surface area contributed by atoms with E-state index < -0.39 is 34.4 Å². The molecule has 0 spiro atoms. The summed E-state index contributed by atoms with van der Waals surface area (Å²) in [5, 5.41) is 2.12. The number of hydrogen-bond acceptors (Lipinski definition) is 6. The molecule has 9 heteroatoms. The maximum Gasteiger partial charge on any atom is 0.266 e. The lowest BCUT2D eigenvalue weighted by Gasteiger charge is -2.27. The van der Waals surface area contributed by atoms with Gasteiger partial charge in [0.05, 0.1) is 11.1 Å². The molecule has 0 aromatic heterocycles. The summed E-state index contributed by atoms with van der Waals surface area (Å²) < 4.78 is 4.84. The first-order valence-electron chi connectivity index (χ1n) is 7.06. The highest BCUT2D eigenvalue weighted by Gasteiger charge is 2.45. The normalized spacial score (nSPS) is 20.0. The van der Waals surface area contributed by atoms with Crippen LogP contribution in [0.1, 0.15) is 33.6 Å².